The molecule has 2 heterocycles. The number of carbonyl (C=O) groups is 2. The summed E-state index contributed by atoms with van der Waals surface area (Å²) >= 11 is 0. The monoisotopic (exact) mass is 314 g/mol. The average molecular weight is 314 g/mol. The van der Waals surface area contributed by atoms with Crippen molar-refractivity contribution in [2.75, 3.05) is 6.54 Å². The van der Waals surface area contributed by atoms with Crippen LogP contribution in [-0.2, 0) is 4.79 Å². The lowest BCUT2D eigenvalue weighted by Crippen LogP contribution is -2.37. The first kappa shape index (κ1) is 14.0. The first-order chi connectivity index (χ1) is 11.0. The fraction of sp³-hybridized carbons (Fsp3) is 0.438. The zero-order chi connectivity index (χ0) is 16.1. The molecule has 2 aromatic rings. The molecule has 0 bridgehead atoms. The molecule has 1 aliphatic carbocycles. The number of aromatic nitrogens is 2. The van der Waals surface area contributed by atoms with Gasteiger partial charge in [-0.25, -0.2) is 0 Å². The van der Waals surface area contributed by atoms with Crippen molar-refractivity contribution >= 4 is 22.7 Å². The quantitative estimate of drug-likeness (QED) is 0.773. The molecule has 1 aliphatic heterocycles. The van der Waals surface area contributed by atoms with Gasteiger partial charge in [-0.05, 0) is 30.5 Å². The summed E-state index contributed by atoms with van der Waals surface area (Å²) in [5.74, 6) is 0.425. The van der Waals surface area contributed by atoms with E-state index in [1.165, 1.54) is 0 Å². The fourth-order valence-electron chi connectivity index (χ4n) is 3.33. The Kier molecular flexibility index (Phi) is 3.04. The maximum atomic E-state index is 12.4. The van der Waals surface area contributed by atoms with Crippen LogP contribution >= 0.6 is 0 Å². The fourth-order valence-corrected chi connectivity index (χ4v) is 3.33. The van der Waals surface area contributed by atoms with E-state index in [4.69, 9.17) is 0 Å². The minimum Gasteiger partial charge on any atom is -0.347 e. The lowest BCUT2D eigenvalue weighted by molar-refractivity contribution is -0.128. The molecule has 0 spiro atoms. The molecule has 1 saturated carbocycles. The molecular weight excluding hydrogens is 296 g/mol. The van der Waals surface area contributed by atoms with E-state index in [2.05, 4.69) is 22.4 Å². The summed E-state index contributed by atoms with van der Waals surface area (Å²) in [6.07, 6.45) is 1.40. The van der Waals surface area contributed by atoms with E-state index >= 15 is 0 Å². The molecule has 3 N–H and O–H groups in total. The lowest BCUT2D eigenvalue weighted by atomic mass is 10.1. The standard InChI is InChI=1S/C16H18N4O3/c1-8-4-13(8)20-7-10(6-14(20)21)17-15(22)9-2-3-12-11(5-9)16(23)19-18-12/h2-3,5,8,10,13H,4,6-7H2,1H3,(H,17,22)(H2,18,19,23). The summed E-state index contributed by atoms with van der Waals surface area (Å²) in [6.45, 7) is 2.71. The molecule has 0 radical (unpaired) electrons. The van der Waals surface area contributed by atoms with Crippen molar-refractivity contribution in [3.8, 4) is 0 Å². The van der Waals surface area contributed by atoms with Gasteiger partial charge in [0.25, 0.3) is 11.5 Å². The second-order valence-electron chi connectivity index (χ2n) is 6.54. The van der Waals surface area contributed by atoms with E-state index in [-0.39, 0.29) is 23.4 Å². The Morgan fingerprint density at radius 2 is 2.09 bits per heavy atom. The number of carbonyl (C=O) groups excluding carboxylic acids is 2. The number of benzene rings is 1. The Morgan fingerprint density at radius 1 is 1.30 bits per heavy atom. The van der Waals surface area contributed by atoms with Crippen molar-refractivity contribution in [1.82, 2.24) is 20.4 Å². The third-order valence-electron chi connectivity index (χ3n) is 4.80. The van der Waals surface area contributed by atoms with Crippen molar-refractivity contribution in [2.24, 2.45) is 5.92 Å². The molecule has 120 valence electrons. The molecule has 7 nitrogen and oxygen atoms in total. The number of hydrogen-bond donors (Lipinski definition) is 3. The van der Waals surface area contributed by atoms with Gasteiger partial charge in [-0.1, -0.05) is 6.92 Å². The van der Waals surface area contributed by atoms with Gasteiger partial charge in [0.15, 0.2) is 0 Å². The molecule has 23 heavy (non-hydrogen) atoms. The van der Waals surface area contributed by atoms with Crippen LogP contribution in [0.1, 0.15) is 30.1 Å². The molecule has 3 unspecified atom stereocenters. The van der Waals surface area contributed by atoms with E-state index in [9.17, 15) is 14.4 Å². The summed E-state index contributed by atoms with van der Waals surface area (Å²) < 4.78 is 0. The number of aromatic amines is 2. The highest BCUT2D eigenvalue weighted by molar-refractivity contribution is 5.98. The van der Waals surface area contributed by atoms with Gasteiger partial charge in [-0.2, -0.15) is 0 Å². The normalized spacial score (nSPS) is 26.7. The number of amides is 2. The number of likely N-dealkylation sites (tertiary alicyclic amines) is 1. The van der Waals surface area contributed by atoms with Gasteiger partial charge in [-0.15, -0.1) is 0 Å². The summed E-state index contributed by atoms with van der Waals surface area (Å²) in [5, 5.41) is 8.59. The minimum atomic E-state index is -0.254. The third kappa shape index (κ3) is 2.42. The van der Waals surface area contributed by atoms with Crippen LogP contribution in [-0.4, -0.2) is 45.5 Å². The van der Waals surface area contributed by atoms with Crippen molar-refractivity contribution in [3.05, 3.63) is 34.1 Å². The van der Waals surface area contributed by atoms with Crippen LogP contribution < -0.4 is 10.9 Å². The van der Waals surface area contributed by atoms with E-state index < -0.39 is 0 Å². The van der Waals surface area contributed by atoms with E-state index in [1.807, 2.05) is 4.90 Å². The molecule has 2 amide bonds. The lowest BCUT2D eigenvalue weighted by Gasteiger charge is -2.17. The zero-order valence-electron chi connectivity index (χ0n) is 12.8. The highest BCUT2D eigenvalue weighted by Crippen LogP contribution is 2.37. The summed E-state index contributed by atoms with van der Waals surface area (Å²) in [6, 6.07) is 5.11. The molecule has 1 saturated heterocycles. The van der Waals surface area contributed by atoms with Crippen molar-refractivity contribution in [1.29, 1.82) is 0 Å². The van der Waals surface area contributed by atoms with E-state index in [1.54, 1.807) is 18.2 Å². The van der Waals surface area contributed by atoms with Gasteiger partial charge in [0.2, 0.25) is 5.91 Å². The first-order valence-electron chi connectivity index (χ1n) is 7.83. The zero-order valence-corrected chi connectivity index (χ0v) is 12.8. The van der Waals surface area contributed by atoms with Crippen LogP contribution in [0, 0.1) is 5.92 Å². The van der Waals surface area contributed by atoms with Crippen molar-refractivity contribution in [3.63, 3.8) is 0 Å². The Morgan fingerprint density at radius 3 is 2.83 bits per heavy atom. The number of rotatable bonds is 3. The largest absolute Gasteiger partial charge is 0.347 e. The Labute approximate surface area is 132 Å². The molecule has 1 aromatic carbocycles. The number of H-pyrrole nitrogens is 2. The van der Waals surface area contributed by atoms with Crippen LogP contribution in [0.3, 0.4) is 0 Å². The Hall–Kier alpha value is -2.57. The molecule has 2 aliphatic rings. The minimum absolute atomic E-state index is 0.113. The summed E-state index contributed by atoms with van der Waals surface area (Å²) in [7, 11) is 0. The summed E-state index contributed by atoms with van der Waals surface area (Å²) in [5.41, 5.74) is 0.837. The smallest absolute Gasteiger partial charge is 0.271 e. The number of fused-ring (bicyclic) bond motifs is 1. The van der Waals surface area contributed by atoms with Gasteiger partial charge in [0, 0.05) is 24.6 Å². The Bertz CT molecular complexity index is 852. The van der Waals surface area contributed by atoms with Gasteiger partial charge in [0.05, 0.1) is 16.9 Å². The number of hydrogen-bond acceptors (Lipinski definition) is 3. The highest BCUT2D eigenvalue weighted by atomic mass is 16.2. The van der Waals surface area contributed by atoms with E-state index in [0.717, 1.165) is 6.42 Å². The van der Waals surface area contributed by atoms with Crippen LogP contribution in [0.15, 0.2) is 23.0 Å². The van der Waals surface area contributed by atoms with Gasteiger partial charge in [-0.3, -0.25) is 24.6 Å². The molecule has 2 fully saturated rings. The van der Waals surface area contributed by atoms with Crippen molar-refractivity contribution < 1.29 is 9.59 Å². The van der Waals surface area contributed by atoms with Gasteiger partial charge < -0.3 is 10.2 Å². The number of nitrogens with zero attached hydrogens (tertiary/aromatic N) is 1. The van der Waals surface area contributed by atoms with Gasteiger partial charge in [0.1, 0.15) is 0 Å². The van der Waals surface area contributed by atoms with Crippen molar-refractivity contribution in [2.45, 2.75) is 31.8 Å². The van der Waals surface area contributed by atoms with Gasteiger partial charge >= 0.3 is 0 Å². The third-order valence-corrected chi connectivity index (χ3v) is 4.80. The average Bonchev–Trinajstić information content (AvgIpc) is 2.96. The van der Waals surface area contributed by atoms with Crippen LogP contribution in [0.2, 0.25) is 0 Å². The molecular formula is C16H18N4O3. The summed E-state index contributed by atoms with van der Waals surface area (Å²) in [4.78, 5) is 37.9. The topological polar surface area (TPSA) is 98.1 Å². The number of nitrogens with one attached hydrogen (secondary N) is 3. The maximum absolute atomic E-state index is 12.4. The molecule has 7 heteroatoms. The second-order valence-corrected chi connectivity index (χ2v) is 6.54. The van der Waals surface area contributed by atoms with Crippen LogP contribution in [0.25, 0.3) is 10.9 Å². The van der Waals surface area contributed by atoms with Crippen LogP contribution in [0.4, 0.5) is 0 Å². The predicted octanol–water partition coefficient (Wildman–Crippen LogP) is 0.595. The maximum Gasteiger partial charge on any atom is 0.271 e. The van der Waals surface area contributed by atoms with Crippen LogP contribution in [0.5, 0.6) is 0 Å². The van der Waals surface area contributed by atoms with E-state index in [0.29, 0.717) is 41.4 Å². The second kappa shape index (κ2) is 4.97. The first-order valence-corrected chi connectivity index (χ1v) is 7.83. The highest BCUT2D eigenvalue weighted by Gasteiger charge is 2.44. The molecule has 4 rings (SSSR count). The Balaban J connectivity index is 1.48. The molecule has 1 aromatic heterocycles. The SMILES string of the molecule is CC1CC1N1CC(NC(=O)c2ccc3[nH][nH]c(=O)c3c2)CC1=O. The molecule has 3 atom stereocenters. The predicted molar refractivity (Wildman–Crippen MR) is 84.1 cm³/mol.